The zero-order chi connectivity index (χ0) is 14.7. The maximum atomic E-state index is 5.73. The average molecular weight is 285 g/mol. The summed E-state index contributed by atoms with van der Waals surface area (Å²) in [4.78, 5) is 4.40. The molecule has 0 saturated heterocycles. The molecule has 5 nitrogen and oxygen atoms in total. The first-order chi connectivity index (χ1) is 10.3. The molecule has 2 aromatic rings. The van der Waals surface area contributed by atoms with Crippen LogP contribution in [0.15, 0.2) is 36.5 Å². The predicted octanol–water partition coefficient (Wildman–Crippen LogP) is 2.10. The van der Waals surface area contributed by atoms with Crippen molar-refractivity contribution in [3.63, 3.8) is 0 Å². The number of hydrazine groups is 1. The van der Waals surface area contributed by atoms with Crippen molar-refractivity contribution in [2.45, 2.75) is 19.4 Å². The molecule has 3 rings (SSSR count). The molecule has 1 aliphatic rings. The molecule has 5 heteroatoms. The molecule has 0 amide bonds. The number of aromatic nitrogens is 1. The zero-order valence-corrected chi connectivity index (χ0v) is 12.0. The van der Waals surface area contributed by atoms with E-state index in [1.54, 1.807) is 6.20 Å². The lowest BCUT2D eigenvalue weighted by Crippen LogP contribution is -2.29. The number of aryl methyl sites for hydroxylation is 1. The van der Waals surface area contributed by atoms with E-state index in [0.29, 0.717) is 13.2 Å². The number of rotatable bonds is 3. The van der Waals surface area contributed by atoms with E-state index in [1.807, 2.05) is 37.3 Å². The first kappa shape index (κ1) is 13.9. The second-order valence-corrected chi connectivity index (χ2v) is 5.11. The van der Waals surface area contributed by atoms with Crippen LogP contribution in [0.5, 0.6) is 11.5 Å². The fourth-order valence-electron chi connectivity index (χ4n) is 2.43. The van der Waals surface area contributed by atoms with Crippen LogP contribution in [0.25, 0.3) is 0 Å². The number of nitrogens with one attached hydrogen (secondary N) is 1. The van der Waals surface area contributed by atoms with Gasteiger partial charge in [0.25, 0.3) is 0 Å². The summed E-state index contributed by atoms with van der Waals surface area (Å²) in [7, 11) is 0. The Kier molecular flexibility index (Phi) is 4.03. The van der Waals surface area contributed by atoms with Crippen LogP contribution >= 0.6 is 0 Å². The van der Waals surface area contributed by atoms with Crippen LogP contribution in [0.2, 0.25) is 0 Å². The van der Waals surface area contributed by atoms with E-state index in [9.17, 15) is 0 Å². The molecule has 2 heterocycles. The second-order valence-electron chi connectivity index (χ2n) is 5.11. The Morgan fingerprint density at radius 3 is 2.71 bits per heavy atom. The standard InChI is InChI=1S/C16H19N3O2/c1-11-5-6-18-13(9-11)16(19-17)12-3-4-14-15(10-12)21-8-2-7-20-14/h3-6,9-10,16,19H,2,7-8,17H2,1H3. The predicted molar refractivity (Wildman–Crippen MR) is 80.2 cm³/mol. The van der Waals surface area contributed by atoms with E-state index in [4.69, 9.17) is 15.3 Å². The van der Waals surface area contributed by atoms with Gasteiger partial charge in [0.05, 0.1) is 24.9 Å². The zero-order valence-electron chi connectivity index (χ0n) is 12.0. The van der Waals surface area contributed by atoms with Gasteiger partial charge in [-0.15, -0.1) is 0 Å². The van der Waals surface area contributed by atoms with Gasteiger partial charge in [0.15, 0.2) is 11.5 Å². The van der Waals surface area contributed by atoms with Gasteiger partial charge < -0.3 is 9.47 Å². The van der Waals surface area contributed by atoms with Gasteiger partial charge in [-0.3, -0.25) is 10.8 Å². The SMILES string of the molecule is Cc1ccnc(C(NN)c2ccc3c(c2)OCCCO3)c1. The summed E-state index contributed by atoms with van der Waals surface area (Å²) >= 11 is 0. The molecular formula is C16H19N3O2. The Bertz CT molecular complexity index is 631. The third kappa shape index (κ3) is 2.99. The van der Waals surface area contributed by atoms with Crippen LogP contribution in [-0.4, -0.2) is 18.2 Å². The molecular weight excluding hydrogens is 266 g/mol. The van der Waals surface area contributed by atoms with Gasteiger partial charge in [-0.1, -0.05) is 6.07 Å². The molecule has 1 aromatic carbocycles. The number of hydrogen-bond donors (Lipinski definition) is 2. The van der Waals surface area contributed by atoms with E-state index < -0.39 is 0 Å². The topological polar surface area (TPSA) is 69.4 Å². The van der Waals surface area contributed by atoms with Crippen LogP contribution in [0.4, 0.5) is 0 Å². The number of ether oxygens (including phenoxy) is 2. The lowest BCUT2D eigenvalue weighted by molar-refractivity contribution is 0.297. The van der Waals surface area contributed by atoms with Crippen LogP contribution < -0.4 is 20.7 Å². The quantitative estimate of drug-likeness (QED) is 0.667. The number of hydrogen-bond acceptors (Lipinski definition) is 5. The van der Waals surface area contributed by atoms with Gasteiger partial charge in [0, 0.05) is 12.6 Å². The Labute approximate surface area is 124 Å². The van der Waals surface area contributed by atoms with Crippen LogP contribution in [0, 0.1) is 6.92 Å². The van der Waals surface area contributed by atoms with E-state index in [-0.39, 0.29) is 6.04 Å². The number of nitrogens with two attached hydrogens (primary N) is 1. The number of nitrogens with zero attached hydrogens (tertiary/aromatic N) is 1. The van der Waals surface area contributed by atoms with Gasteiger partial charge in [-0.2, -0.15) is 0 Å². The normalized spacial score (nSPS) is 15.3. The summed E-state index contributed by atoms with van der Waals surface area (Å²) in [5.41, 5.74) is 5.85. The van der Waals surface area contributed by atoms with Gasteiger partial charge in [0.2, 0.25) is 0 Å². The largest absolute Gasteiger partial charge is 0.490 e. The maximum Gasteiger partial charge on any atom is 0.161 e. The molecule has 0 spiro atoms. The number of pyridine rings is 1. The van der Waals surface area contributed by atoms with Crippen molar-refractivity contribution in [1.82, 2.24) is 10.4 Å². The summed E-state index contributed by atoms with van der Waals surface area (Å²) in [6, 6.07) is 9.69. The van der Waals surface area contributed by atoms with Crippen molar-refractivity contribution in [2.75, 3.05) is 13.2 Å². The van der Waals surface area contributed by atoms with E-state index in [0.717, 1.165) is 34.7 Å². The van der Waals surface area contributed by atoms with E-state index >= 15 is 0 Å². The molecule has 0 fully saturated rings. The van der Waals surface area contributed by atoms with Crippen molar-refractivity contribution in [1.29, 1.82) is 0 Å². The third-order valence-electron chi connectivity index (χ3n) is 3.50. The molecule has 0 saturated carbocycles. The first-order valence-electron chi connectivity index (χ1n) is 7.06. The monoisotopic (exact) mass is 285 g/mol. The minimum Gasteiger partial charge on any atom is -0.490 e. The van der Waals surface area contributed by atoms with Crippen molar-refractivity contribution in [3.05, 3.63) is 53.3 Å². The Morgan fingerprint density at radius 1 is 1.14 bits per heavy atom. The highest BCUT2D eigenvalue weighted by Crippen LogP contribution is 2.33. The molecule has 21 heavy (non-hydrogen) atoms. The maximum absolute atomic E-state index is 5.73. The highest BCUT2D eigenvalue weighted by molar-refractivity contribution is 5.45. The lowest BCUT2D eigenvalue weighted by Gasteiger charge is -2.18. The highest BCUT2D eigenvalue weighted by Gasteiger charge is 2.18. The Balaban J connectivity index is 1.96. The van der Waals surface area contributed by atoms with Crippen molar-refractivity contribution in [3.8, 4) is 11.5 Å². The number of benzene rings is 1. The van der Waals surface area contributed by atoms with Gasteiger partial charge in [0.1, 0.15) is 0 Å². The molecule has 1 atom stereocenters. The summed E-state index contributed by atoms with van der Waals surface area (Å²) in [5, 5.41) is 0. The van der Waals surface area contributed by atoms with E-state index in [2.05, 4.69) is 10.4 Å². The first-order valence-corrected chi connectivity index (χ1v) is 7.06. The highest BCUT2D eigenvalue weighted by atomic mass is 16.5. The summed E-state index contributed by atoms with van der Waals surface area (Å²) in [6.07, 6.45) is 2.68. The van der Waals surface area contributed by atoms with Gasteiger partial charge in [-0.25, -0.2) is 5.43 Å². The van der Waals surface area contributed by atoms with E-state index in [1.165, 1.54) is 0 Å². The fourth-order valence-corrected chi connectivity index (χ4v) is 2.43. The summed E-state index contributed by atoms with van der Waals surface area (Å²) in [5.74, 6) is 7.28. The molecule has 0 bridgehead atoms. The summed E-state index contributed by atoms with van der Waals surface area (Å²) in [6.45, 7) is 3.39. The second kappa shape index (κ2) is 6.11. The average Bonchev–Trinajstić information content (AvgIpc) is 2.73. The molecule has 110 valence electrons. The molecule has 1 unspecified atom stereocenters. The molecule has 3 N–H and O–H groups in total. The third-order valence-corrected chi connectivity index (χ3v) is 3.50. The summed E-state index contributed by atoms with van der Waals surface area (Å²) < 4.78 is 11.4. The molecule has 1 aliphatic heterocycles. The lowest BCUT2D eigenvalue weighted by atomic mass is 10.0. The van der Waals surface area contributed by atoms with Crippen LogP contribution in [0.1, 0.15) is 29.3 Å². The van der Waals surface area contributed by atoms with Crippen molar-refractivity contribution >= 4 is 0 Å². The minimum atomic E-state index is -0.179. The minimum absolute atomic E-state index is 0.179. The smallest absolute Gasteiger partial charge is 0.161 e. The van der Waals surface area contributed by atoms with Crippen LogP contribution in [-0.2, 0) is 0 Å². The number of fused-ring (bicyclic) bond motifs is 1. The molecule has 0 radical (unpaired) electrons. The van der Waals surface area contributed by atoms with Crippen molar-refractivity contribution < 1.29 is 9.47 Å². The molecule has 1 aromatic heterocycles. The Morgan fingerprint density at radius 2 is 1.95 bits per heavy atom. The molecule has 0 aliphatic carbocycles. The van der Waals surface area contributed by atoms with Gasteiger partial charge >= 0.3 is 0 Å². The van der Waals surface area contributed by atoms with Crippen molar-refractivity contribution in [2.24, 2.45) is 5.84 Å². The Hall–Kier alpha value is -2.11. The van der Waals surface area contributed by atoms with Crippen LogP contribution in [0.3, 0.4) is 0 Å². The fraction of sp³-hybridized carbons (Fsp3) is 0.312. The van der Waals surface area contributed by atoms with Gasteiger partial charge in [-0.05, 0) is 42.3 Å².